The maximum absolute atomic E-state index is 12.6. The number of fused-ring (bicyclic) bond motifs is 1. The first-order valence-corrected chi connectivity index (χ1v) is 9.76. The minimum absolute atomic E-state index is 0.0554. The van der Waals surface area contributed by atoms with E-state index in [1.165, 1.54) is 6.08 Å². The average Bonchev–Trinajstić information content (AvgIpc) is 3.12. The number of anilines is 1. The summed E-state index contributed by atoms with van der Waals surface area (Å²) in [6.45, 7) is 8.49. The van der Waals surface area contributed by atoms with Crippen LogP contribution in [0.15, 0.2) is 25.0 Å². The van der Waals surface area contributed by atoms with E-state index >= 15 is 0 Å². The molecule has 1 saturated heterocycles. The van der Waals surface area contributed by atoms with Gasteiger partial charge in [-0.05, 0) is 32.8 Å². The number of H-pyrrole nitrogens is 1. The number of likely N-dealkylation sites (tertiary alicyclic amines) is 1. The van der Waals surface area contributed by atoms with Crippen molar-refractivity contribution in [3.8, 4) is 0 Å². The highest BCUT2D eigenvalue weighted by Crippen LogP contribution is 2.22. The van der Waals surface area contributed by atoms with Crippen molar-refractivity contribution < 1.29 is 14.3 Å². The molecular formula is C20H28N6O3. The highest BCUT2D eigenvalue weighted by molar-refractivity contribution is 6.04. The van der Waals surface area contributed by atoms with Gasteiger partial charge in [-0.3, -0.25) is 9.59 Å². The van der Waals surface area contributed by atoms with E-state index in [1.54, 1.807) is 19.5 Å². The maximum Gasteiger partial charge on any atom is 0.255 e. The van der Waals surface area contributed by atoms with Gasteiger partial charge in [0.2, 0.25) is 5.91 Å². The van der Waals surface area contributed by atoms with Crippen LogP contribution < -0.4 is 10.6 Å². The lowest BCUT2D eigenvalue weighted by atomic mass is 9.99. The predicted molar refractivity (Wildman–Crippen MR) is 111 cm³/mol. The van der Waals surface area contributed by atoms with Gasteiger partial charge in [0.05, 0.1) is 18.4 Å². The highest BCUT2D eigenvalue weighted by atomic mass is 16.5. The molecule has 3 rings (SSSR count). The van der Waals surface area contributed by atoms with Gasteiger partial charge in [0.25, 0.3) is 5.91 Å². The normalized spacial score (nSPS) is 20.3. The molecule has 29 heavy (non-hydrogen) atoms. The topological polar surface area (TPSA) is 112 Å². The van der Waals surface area contributed by atoms with E-state index in [4.69, 9.17) is 4.74 Å². The number of methoxy groups -OCH3 is 1. The number of piperidine rings is 1. The van der Waals surface area contributed by atoms with Crippen LogP contribution in [0.1, 0.15) is 37.0 Å². The molecule has 9 heteroatoms. The minimum Gasteiger partial charge on any atom is -0.383 e. The fraction of sp³-hybridized carbons (Fsp3) is 0.500. The van der Waals surface area contributed by atoms with Crippen molar-refractivity contribution in [3.63, 3.8) is 0 Å². The molecule has 3 atom stereocenters. The molecule has 156 valence electrons. The first-order chi connectivity index (χ1) is 13.9. The first-order valence-electron chi connectivity index (χ1n) is 9.76. The summed E-state index contributed by atoms with van der Waals surface area (Å²) < 4.78 is 5.06. The lowest BCUT2D eigenvalue weighted by Gasteiger charge is -2.37. The third kappa shape index (κ3) is 4.73. The van der Waals surface area contributed by atoms with Crippen molar-refractivity contribution in [1.29, 1.82) is 0 Å². The third-order valence-corrected chi connectivity index (χ3v) is 5.11. The van der Waals surface area contributed by atoms with Gasteiger partial charge in [-0.15, -0.1) is 0 Å². The largest absolute Gasteiger partial charge is 0.383 e. The number of aromatic nitrogens is 3. The number of ether oxygens (including phenoxy) is 1. The summed E-state index contributed by atoms with van der Waals surface area (Å²) in [6, 6.07) is 0.116. The van der Waals surface area contributed by atoms with Crippen LogP contribution in [0.4, 0.5) is 5.82 Å². The van der Waals surface area contributed by atoms with Gasteiger partial charge < -0.3 is 25.3 Å². The lowest BCUT2D eigenvalue weighted by molar-refractivity contribution is -0.129. The van der Waals surface area contributed by atoms with Crippen LogP contribution in [0.3, 0.4) is 0 Å². The molecule has 0 saturated carbocycles. The Morgan fingerprint density at radius 1 is 1.48 bits per heavy atom. The van der Waals surface area contributed by atoms with Crippen LogP contribution >= 0.6 is 0 Å². The molecule has 0 aromatic carbocycles. The zero-order valence-electron chi connectivity index (χ0n) is 17.1. The van der Waals surface area contributed by atoms with E-state index in [2.05, 4.69) is 32.2 Å². The number of hydrogen-bond donors (Lipinski definition) is 3. The molecule has 1 aliphatic rings. The molecule has 3 N–H and O–H groups in total. The van der Waals surface area contributed by atoms with Gasteiger partial charge in [0, 0.05) is 38.0 Å². The number of rotatable bonds is 7. The number of nitrogens with zero attached hydrogens (tertiary/aromatic N) is 3. The van der Waals surface area contributed by atoms with Crippen LogP contribution in [0.25, 0.3) is 11.2 Å². The van der Waals surface area contributed by atoms with Gasteiger partial charge in [-0.1, -0.05) is 6.58 Å². The number of carbonyl (C=O) groups excluding carboxylic acids is 2. The van der Waals surface area contributed by atoms with Crippen molar-refractivity contribution in [2.75, 3.05) is 25.6 Å². The van der Waals surface area contributed by atoms with Crippen molar-refractivity contribution in [1.82, 2.24) is 25.2 Å². The molecule has 2 aromatic rings. The molecule has 0 radical (unpaired) electrons. The van der Waals surface area contributed by atoms with E-state index in [-0.39, 0.29) is 29.9 Å². The minimum atomic E-state index is -0.235. The summed E-state index contributed by atoms with van der Waals surface area (Å²) in [7, 11) is 1.59. The fourth-order valence-electron chi connectivity index (χ4n) is 3.59. The van der Waals surface area contributed by atoms with E-state index < -0.39 is 0 Å². The van der Waals surface area contributed by atoms with Gasteiger partial charge in [0.1, 0.15) is 11.3 Å². The lowest BCUT2D eigenvalue weighted by Crippen LogP contribution is -2.49. The quantitative estimate of drug-likeness (QED) is 0.610. The second-order valence-corrected chi connectivity index (χ2v) is 7.45. The second-order valence-electron chi connectivity index (χ2n) is 7.45. The number of aromatic amines is 1. The molecule has 1 fully saturated rings. The van der Waals surface area contributed by atoms with Crippen molar-refractivity contribution in [3.05, 3.63) is 30.6 Å². The molecule has 0 bridgehead atoms. The molecule has 1 aliphatic heterocycles. The summed E-state index contributed by atoms with van der Waals surface area (Å²) in [5.41, 5.74) is 1.47. The summed E-state index contributed by atoms with van der Waals surface area (Å²) in [5, 5.41) is 6.23. The Kier molecular flexibility index (Phi) is 6.48. The maximum atomic E-state index is 12.6. The van der Waals surface area contributed by atoms with E-state index in [0.717, 1.165) is 12.8 Å². The summed E-state index contributed by atoms with van der Waals surface area (Å²) >= 11 is 0. The van der Waals surface area contributed by atoms with E-state index in [9.17, 15) is 9.59 Å². The van der Waals surface area contributed by atoms with Gasteiger partial charge in [0.15, 0.2) is 5.65 Å². The SMILES string of the molecule is C=CC(=O)N1C[C@@H](Nc2cnc3[nH]cc(C(=O)N[C@H](C)COC)c3n2)CC[C@H]1C. The Morgan fingerprint density at radius 2 is 2.28 bits per heavy atom. The molecular weight excluding hydrogens is 372 g/mol. The Bertz CT molecular complexity index is 895. The standard InChI is InChI=1S/C20H28N6O3/c1-5-17(27)26-10-14(7-6-13(26)3)24-16-9-22-19-18(25-16)15(8-21-19)20(28)23-12(2)11-29-4/h5,8-9,12-14H,1,6-7,10-11H2,2-4H3,(H,21,22)(H,23,28)(H,24,25)/t12-,13-,14+/m1/s1. The zero-order chi connectivity index (χ0) is 21.0. The monoisotopic (exact) mass is 400 g/mol. The average molecular weight is 400 g/mol. The first kappa shape index (κ1) is 20.8. The smallest absolute Gasteiger partial charge is 0.255 e. The summed E-state index contributed by atoms with van der Waals surface area (Å²) in [5.74, 6) is 0.267. The molecule has 2 aromatic heterocycles. The van der Waals surface area contributed by atoms with Crippen molar-refractivity contribution >= 4 is 28.8 Å². The molecule has 2 amide bonds. The summed E-state index contributed by atoms with van der Waals surface area (Å²) in [4.78, 5) is 38.4. The molecule has 3 heterocycles. The van der Waals surface area contributed by atoms with Crippen LogP contribution in [0.5, 0.6) is 0 Å². The third-order valence-electron chi connectivity index (χ3n) is 5.11. The van der Waals surface area contributed by atoms with Crippen LogP contribution in [0.2, 0.25) is 0 Å². The van der Waals surface area contributed by atoms with Crippen molar-refractivity contribution in [2.45, 2.75) is 44.8 Å². The Morgan fingerprint density at radius 3 is 3.00 bits per heavy atom. The summed E-state index contributed by atoms with van der Waals surface area (Å²) in [6.07, 6.45) is 6.39. The van der Waals surface area contributed by atoms with E-state index in [1.807, 2.05) is 18.7 Å². The van der Waals surface area contributed by atoms with Gasteiger partial charge in [-0.2, -0.15) is 0 Å². The number of amides is 2. The second kappa shape index (κ2) is 9.04. The van der Waals surface area contributed by atoms with Crippen molar-refractivity contribution in [2.24, 2.45) is 0 Å². The number of hydrogen-bond acceptors (Lipinski definition) is 6. The Labute approximate surface area is 169 Å². The Hall–Kier alpha value is -2.94. The fourth-order valence-corrected chi connectivity index (χ4v) is 3.59. The van der Waals surface area contributed by atoms with E-state index in [0.29, 0.717) is 35.7 Å². The molecule has 0 unspecified atom stereocenters. The Balaban J connectivity index is 1.75. The van der Waals surface area contributed by atoms with Crippen LogP contribution in [0, 0.1) is 0 Å². The predicted octanol–water partition coefficient (Wildman–Crippen LogP) is 1.70. The van der Waals surface area contributed by atoms with Crippen LogP contribution in [-0.2, 0) is 9.53 Å². The zero-order valence-corrected chi connectivity index (χ0v) is 17.1. The van der Waals surface area contributed by atoms with Gasteiger partial charge in [-0.25, -0.2) is 9.97 Å². The van der Waals surface area contributed by atoms with Crippen LogP contribution in [-0.4, -0.2) is 70.1 Å². The number of carbonyl (C=O) groups is 2. The highest BCUT2D eigenvalue weighted by Gasteiger charge is 2.28. The molecule has 9 nitrogen and oxygen atoms in total. The number of nitrogens with one attached hydrogen (secondary N) is 3. The molecule has 0 spiro atoms. The van der Waals surface area contributed by atoms with Gasteiger partial charge >= 0.3 is 0 Å². The molecule has 0 aliphatic carbocycles.